The molecule has 4 aromatic rings. The van der Waals surface area contributed by atoms with Gasteiger partial charge < -0.3 is 48.5 Å². The molecule has 0 spiro atoms. The number of hydrogen-bond donors (Lipinski definition) is 3. The molecule has 3 saturated heterocycles. The van der Waals surface area contributed by atoms with Crippen molar-refractivity contribution in [1.82, 2.24) is 4.98 Å². The second kappa shape index (κ2) is 32.7. The lowest BCUT2D eigenvalue weighted by atomic mass is 9.46. The maximum Gasteiger partial charge on any atom is 0.178 e. The number of ketones is 6. The molecular formula is C95H112Cl3NO16S4. The molecule has 0 amide bonds. The summed E-state index contributed by atoms with van der Waals surface area (Å²) in [6, 6.07) is 18.7. The van der Waals surface area contributed by atoms with Crippen LogP contribution in [-0.2, 0) is 57.2 Å². The van der Waals surface area contributed by atoms with Crippen LogP contribution in [0.15, 0.2) is 146 Å². The summed E-state index contributed by atoms with van der Waals surface area (Å²) in [6.45, 7) is 19.3. The predicted molar refractivity (Wildman–Crippen MR) is 464 cm³/mol. The van der Waals surface area contributed by atoms with Gasteiger partial charge in [-0.25, -0.2) is 4.98 Å². The van der Waals surface area contributed by atoms with Crippen molar-refractivity contribution in [2.45, 2.75) is 264 Å². The molecule has 119 heavy (non-hydrogen) atoms. The van der Waals surface area contributed by atoms with Crippen molar-refractivity contribution in [3.8, 4) is 5.75 Å². The topological polar surface area (TPSA) is 241 Å². The zero-order valence-corrected chi connectivity index (χ0v) is 75.1. The third-order valence-corrected chi connectivity index (χ3v) is 37.5. The number of hydrogen-bond acceptors (Lipinski definition) is 21. The van der Waals surface area contributed by atoms with Gasteiger partial charge in [-0.3, -0.25) is 28.8 Å². The van der Waals surface area contributed by atoms with E-state index in [1.807, 2.05) is 66.8 Å². The number of Topliss-reactive ketones (excluding diaryl/α,β-unsaturated/α-hetero) is 3. The van der Waals surface area contributed by atoms with Crippen LogP contribution in [-0.4, -0.2) is 152 Å². The number of halogens is 3. The Morgan fingerprint density at radius 1 is 0.513 bits per heavy atom. The number of carbonyl (C=O) groups is 6. The number of aromatic nitrogens is 1. The van der Waals surface area contributed by atoms with E-state index in [0.29, 0.717) is 34.3 Å². The van der Waals surface area contributed by atoms with Gasteiger partial charge in [0, 0.05) is 71.1 Å². The van der Waals surface area contributed by atoms with Crippen LogP contribution in [0.2, 0.25) is 15.1 Å². The number of methoxy groups -OCH3 is 1. The van der Waals surface area contributed by atoms with Crippen molar-refractivity contribution in [3.05, 3.63) is 147 Å². The molecule has 0 bridgehead atoms. The SMILES string of the molecule is CCC[C@@H]1O[C@@H]2CC3C4CCC5=CC(=O)C=CC5(C)C4[C@@H](O)CC3(C)[C@]2(C(=O)CSc2ccc(Cl)cc2Cl)O1.CCC[C@@H]1O[C@@H]2CC3C4CCC5=CC(=O)C=CC5(C)C4[C@@H](O)CC3(C)[C@]2(C(=O)CSc2ccccc2Cl)O1.CCC[C@@H]1O[C@@H]2CC3C4CCC5=CC(=O)C=CC5(C)C4[C@@H](O)CC3(C)[C@]2(C(=O)CSc2nc3cc(OC)ccc3s2)O1. The van der Waals surface area contributed by atoms with E-state index in [0.717, 1.165) is 143 Å². The standard InChI is InChI=1S/C33H39NO6S2.C31H36Cl2O5S.C31H37ClO5S/c1-5-6-28-39-27-15-22-21-9-7-18-13-19(35)11-12-31(18,2)29(21)24(36)16-32(22,3)33(27,40-28)26(37)17-41-30-34-23-14-20(38-4)8-10-25(23)42-30;1-4-5-27-37-26-14-21-20-8-6-17-12-19(34)10-11-29(17,2)28(20)23(35)15-30(21,3)31(26,38-27)25(36)16-39-24-9-7-18(32)13-22(24)33;1-4-7-27-36-26-15-21-20-11-10-18-14-19(33)12-13-29(18,2)28(20)23(34)16-30(21,3)31(26,37-27)25(35)17-38-24-9-6-5-8-22(24)32/h8,10-14,21-22,24,27-29,36H,5-7,9,15-17H2,1-4H3;7,9-13,20-21,23,26-28,35H,4-6,8,14-16H2,1-3H3;5-6,8-9,12-14,20-21,23,26-28,34H,4,7,10-11,15-17H2,1-3H3/t21?,22?,24-,27+,28+,29?,31?,32?,33+;2*20?,21?,23-,26+,27+,28?,29?,30?,31+/m000/s1. The molecule has 12 aliphatic carbocycles. The van der Waals surface area contributed by atoms with Crippen molar-refractivity contribution < 1.29 is 77.2 Å². The lowest BCUT2D eigenvalue weighted by Gasteiger charge is -2.59. The highest BCUT2D eigenvalue weighted by molar-refractivity contribution is 8.01. The Kier molecular flexibility index (Phi) is 23.7. The highest BCUT2D eigenvalue weighted by atomic mass is 35.5. The second-order valence-electron chi connectivity index (χ2n) is 37.9. The van der Waals surface area contributed by atoms with Crippen LogP contribution in [0.25, 0.3) is 10.2 Å². The zero-order valence-electron chi connectivity index (χ0n) is 69.6. The number of nitrogens with zero attached hydrogens (tertiary/aromatic N) is 1. The van der Waals surface area contributed by atoms with Gasteiger partial charge in [0.2, 0.25) is 0 Å². The minimum Gasteiger partial charge on any atom is -0.497 e. The summed E-state index contributed by atoms with van der Waals surface area (Å²) in [6.07, 6.45) is 26.0. The normalized spacial score (nSPS) is 41.9. The van der Waals surface area contributed by atoms with E-state index < -0.39 is 70.2 Å². The molecule has 3 N–H and O–H groups in total. The maximum absolute atomic E-state index is 14.5. The van der Waals surface area contributed by atoms with E-state index in [4.69, 9.17) is 72.9 Å². The largest absolute Gasteiger partial charge is 0.497 e. The minimum absolute atomic E-state index is 0.000146. The first-order valence-electron chi connectivity index (χ1n) is 43.3. The molecule has 27 atom stereocenters. The first-order chi connectivity index (χ1) is 56.8. The Bertz CT molecular complexity index is 4930. The summed E-state index contributed by atoms with van der Waals surface area (Å²) < 4.78 is 47.1. The van der Waals surface area contributed by atoms with Gasteiger partial charge in [-0.1, -0.05) is 175 Å². The summed E-state index contributed by atoms with van der Waals surface area (Å²) in [5.41, 5.74) is -1.83. The van der Waals surface area contributed by atoms with E-state index in [-0.39, 0.29) is 140 Å². The summed E-state index contributed by atoms with van der Waals surface area (Å²) in [4.78, 5) is 86.2. The fourth-order valence-electron chi connectivity index (χ4n) is 27.0. The Hall–Kier alpha value is -4.63. The minimum atomic E-state index is -1.12. The van der Waals surface area contributed by atoms with Crippen molar-refractivity contribution in [2.24, 2.45) is 85.8 Å². The Labute approximate surface area is 730 Å². The van der Waals surface area contributed by atoms with E-state index >= 15 is 0 Å². The molecule has 638 valence electrons. The van der Waals surface area contributed by atoms with Gasteiger partial charge in [0.05, 0.1) is 81.3 Å². The van der Waals surface area contributed by atoms with E-state index in [2.05, 4.69) is 62.3 Å². The number of aliphatic hydroxyl groups is 3. The maximum atomic E-state index is 14.5. The van der Waals surface area contributed by atoms with E-state index in [1.165, 1.54) is 35.3 Å². The fourth-order valence-corrected chi connectivity index (χ4v) is 31.6. The summed E-state index contributed by atoms with van der Waals surface area (Å²) in [7, 11) is 1.64. The van der Waals surface area contributed by atoms with Crippen LogP contribution < -0.4 is 4.74 Å². The molecule has 24 heteroatoms. The lowest BCUT2D eigenvalue weighted by Crippen LogP contribution is -2.63. The zero-order chi connectivity index (χ0) is 84.1. The Morgan fingerprint density at radius 3 is 1.28 bits per heavy atom. The fraction of sp³-hybridized carbons (Fsp3) is 0.611. The number of aliphatic hydroxyl groups excluding tert-OH is 3. The summed E-state index contributed by atoms with van der Waals surface area (Å²) in [5, 5.41) is 37.3. The summed E-state index contributed by atoms with van der Waals surface area (Å²) >= 11 is 24.8. The highest BCUT2D eigenvalue weighted by Gasteiger charge is 2.79. The molecule has 1 aromatic heterocycles. The van der Waals surface area contributed by atoms with Crippen LogP contribution in [0.4, 0.5) is 0 Å². The van der Waals surface area contributed by atoms with Gasteiger partial charge in [0.15, 0.2) is 74.7 Å². The number of carbonyl (C=O) groups excluding carboxylic acids is 6. The third-order valence-electron chi connectivity index (χ3n) is 32.0. The second-order valence-corrected chi connectivity index (χ2v) is 43.4. The molecular weight excluding hydrogens is 1650 g/mol. The van der Waals surface area contributed by atoms with Gasteiger partial charge in [0.25, 0.3) is 0 Å². The van der Waals surface area contributed by atoms with Crippen LogP contribution in [0.5, 0.6) is 5.75 Å². The molecule has 15 unspecified atom stereocenters. The van der Waals surface area contributed by atoms with Crippen molar-refractivity contribution in [1.29, 1.82) is 0 Å². The average Bonchev–Trinajstić information content (AvgIpc) is 1.53. The van der Waals surface area contributed by atoms with Crippen molar-refractivity contribution >= 4 is 126 Å². The van der Waals surface area contributed by atoms with Crippen LogP contribution in [0, 0.1) is 85.8 Å². The Balaban J connectivity index is 0.000000128. The number of thiazole rings is 1. The Morgan fingerprint density at radius 2 is 0.899 bits per heavy atom. The molecule has 9 saturated carbocycles. The summed E-state index contributed by atoms with van der Waals surface area (Å²) in [5.74, 6) is 2.71. The molecule has 4 heterocycles. The predicted octanol–water partition coefficient (Wildman–Crippen LogP) is 19.1. The van der Waals surface area contributed by atoms with Crippen molar-refractivity contribution in [3.63, 3.8) is 0 Å². The van der Waals surface area contributed by atoms with E-state index in [9.17, 15) is 44.1 Å². The number of fused-ring (bicyclic) bond motifs is 22. The molecule has 3 aromatic carbocycles. The monoisotopic (exact) mass is 1760 g/mol. The van der Waals surface area contributed by atoms with Gasteiger partial charge in [-0.05, 0) is 211 Å². The third kappa shape index (κ3) is 13.9. The first-order valence-corrected chi connectivity index (χ1v) is 48.2. The molecule has 12 fully saturated rings. The number of ether oxygens (including phenoxy) is 7. The highest BCUT2D eigenvalue weighted by Crippen LogP contribution is 2.74. The quantitative estimate of drug-likeness (QED) is 0.0739. The molecule has 17 nitrogen and oxygen atoms in total. The van der Waals surface area contributed by atoms with Gasteiger partial charge in [0.1, 0.15) is 5.75 Å². The number of thioether (sulfide) groups is 3. The molecule has 3 aliphatic heterocycles. The average molecular weight is 1760 g/mol. The van der Waals surface area contributed by atoms with Crippen molar-refractivity contribution in [2.75, 3.05) is 24.4 Å². The van der Waals surface area contributed by atoms with Crippen LogP contribution >= 0.6 is 81.4 Å². The van der Waals surface area contributed by atoms with Crippen LogP contribution in [0.3, 0.4) is 0 Å². The van der Waals surface area contributed by atoms with Gasteiger partial charge in [-0.15, -0.1) is 34.9 Å². The van der Waals surface area contributed by atoms with Crippen LogP contribution in [0.1, 0.15) is 178 Å². The number of benzene rings is 3. The molecule has 15 aliphatic rings. The number of rotatable bonds is 19. The van der Waals surface area contributed by atoms with E-state index in [1.54, 1.807) is 67.0 Å². The smallest absolute Gasteiger partial charge is 0.178 e. The number of allylic oxidation sites excluding steroid dienone is 12. The van der Waals surface area contributed by atoms with Gasteiger partial charge >= 0.3 is 0 Å². The van der Waals surface area contributed by atoms with Gasteiger partial charge in [-0.2, -0.15) is 0 Å². The lowest BCUT2D eigenvalue weighted by molar-refractivity contribution is -0.197. The molecule has 0 radical (unpaired) electrons. The molecule has 19 rings (SSSR count). The first kappa shape index (κ1) is 86.5.